The largest absolute Gasteiger partial charge is 0.368 e. The number of aromatic nitrogens is 3. The lowest BCUT2D eigenvalue weighted by Crippen LogP contribution is -2.42. The minimum absolute atomic E-state index is 0.121. The van der Waals surface area contributed by atoms with E-state index in [1.54, 1.807) is 0 Å². The summed E-state index contributed by atoms with van der Waals surface area (Å²) in [6.07, 6.45) is 0.891. The van der Waals surface area contributed by atoms with Gasteiger partial charge < -0.3 is 14.2 Å². The van der Waals surface area contributed by atoms with Crippen molar-refractivity contribution in [2.75, 3.05) is 19.7 Å². The Labute approximate surface area is 147 Å². The zero-order chi connectivity index (χ0) is 18.0. The summed E-state index contributed by atoms with van der Waals surface area (Å²) in [4.78, 5) is 23.2. The van der Waals surface area contributed by atoms with Crippen LogP contribution in [0.25, 0.3) is 0 Å². The van der Waals surface area contributed by atoms with Crippen molar-refractivity contribution in [3.8, 4) is 0 Å². The van der Waals surface area contributed by atoms with Crippen molar-refractivity contribution in [2.45, 2.75) is 46.6 Å². The van der Waals surface area contributed by atoms with Crippen LogP contribution in [0.5, 0.6) is 0 Å². The third-order valence-corrected chi connectivity index (χ3v) is 4.50. The van der Waals surface area contributed by atoms with Crippen LogP contribution < -0.4 is 0 Å². The van der Waals surface area contributed by atoms with Crippen molar-refractivity contribution in [3.05, 3.63) is 40.3 Å². The van der Waals surface area contributed by atoms with Crippen molar-refractivity contribution in [1.29, 1.82) is 0 Å². The number of amides is 1. The first-order valence-electron chi connectivity index (χ1n) is 8.57. The molecule has 134 valence electrons. The summed E-state index contributed by atoms with van der Waals surface area (Å²) >= 11 is 0. The molecular weight excluding hydrogens is 320 g/mol. The predicted octanol–water partition coefficient (Wildman–Crippen LogP) is 2.23. The first-order chi connectivity index (χ1) is 11.9. The van der Waals surface area contributed by atoms with E-state index in [0.717, 1.165) is 34.2 Å². The highest BCUT2D eigenvalue weighted by molar-refractivity contribution is 5.76. The average Bonchev–Trinajstić information content (AvgIpc) is 2.90. The van der Waals surface area contributed by atoms with Gasteiger partial charge >= 0.3 is 0 Å². The minimum atomic E-state index is -0.197. The second-order valence-corrected chi connectivity index (χ2v) is 6.48. The minimum Gasteiger partial charge on any atom is -0.368 e. The number of nitrogens with zero attached hydrogens (tertiary/aromatic N) is 4. The second-order valence-electron chi connectivity index (χ2n) is 6.48. The van der Waals surface area contributed by atoms with E-state index in [1.807, 2.05) is 38.7 Å². The molecule has 0 radical (unpaired) electrons. The Morgan fingerprint density at radius 1 is 1.28 bits per heavy atom. The molecule has 1 aliphatic rings. The summed E-state index contributed by atoms with van der Waals surface area (Å²) in [5, 5.41) is 3.94. The Morgan fingerprint density at radius 3 is 2.76 bits per heavy atom. The maximum absolute atomic E-state index is 12.6. The molecule has 1 atom stereocenters. The van der Waals surface area contributed by atoms with Crippen LogP contribution in [-0.2, 0) is 16.0 Å². The van der Waals surface area contributed by atoms with E-state index in [0.29, 0.717) is 32.5 Å². The Bertz CT molecular complexity index is 732. The molecule has 3 heterocycles. The van der Waals surface area contributed by atoms with Gasteiger partial charge in [0.05, 0.1) is 24.5 Å². The Balaban J connectivity index is 1.63. The number of rotatable bonds is 4. The number of morpholine rings is 1. The summed E-state index contributed by atoms with van der Waals surface area (Å²) in [6, 6.07) is 1.93. The standard InChI is InChI=1S/C18H24N4O3/c1-11-9-16(20-14(4)19-11)17-10-22(7-8-24-17)18(23)6-5-15-12(2)21-25-13(15)3/h9,17H,5-8,10H2,1-4H3/t17-/m0/s1. The maximum atomic E-state index is 12.6. The number of aryl methyl sites for hydroxylation is 4. The quantitative estimate of drug-likeness (QED) is 0.846. The molecule has 0 spiro atoms. The summed E-state index contributed by atoms with van der Waals surface area (Å²) < 4.78 is 11.0. The molecule has 7 nitrogen and oxygen atoms in total. The fraction of sp³-hybridized carbons (Fsp3) is 0.556. The zero-order valence-electron chi connectivity index (χ0n) is 15.2. The van der Waals surface area contributed by atoms with Gasteiger partial charge in [0.25, 0.3) is 0 Å². The number of hydrogen-bond acceptors (Lipinski definition) is 6. The molecule has 1 amide bonds. The monoisotopic (exact) mass is 344 g/mol. The molecular formula is C18H24N4O3. The van der Waals surface area contributed by atoms with E-state index in [1.165, 1.54) is 0 Å². The van der Waals surface area contributed by atoms with Gasteiger partial charge in [-0.1, -0.05) is 5.16 Å². The molecule has 0 aliphatic carbocycles. The number of ether oxygens (including phenoxy) is 1. The van der Waals surface area contributed by atoms with Crippen molar-refractivity contribution in [2.24, 2.45) is 0 Å². The van der Waals surface area contributed by atoms with Crippen LogP contribution in [0.15, 0.2) is 10.6 Å². The molecule has 1 saturated heterocycles. The van der Waals surface area contributed by atoms with Gasteiger partial charge in [-0.25, -0.2) is 9.97 Å². The Kier molecular flexibility index (Phi) is 5.13. The van der Waals surface area contributed by atoms with E-state index in [9.17, 15) is 4.79 Å². The summed E-state index contributed by atoms with van der Waals surface area (Å²) in [5.41, 5.74) is 3.64. The molecule has 0 aromatic carbocycles. The normalized spacial score (nSPS) is 17.8. The first kappa shape index (κ1) is 17.5. The Hall–Kier alpha value is -2.28. The lowest BCUT2D eigenvalue weighted by Gasteiger charge is -2.33. The van der Waals surface area contributed by atoms with Gasteiger partial charge in [0.15, 0.2) is 0 Å². The van der Waals surface area contributed by atoms with Crippen molar-refractivity contribution < 1.29 is 14.1 Å². The van der Waals surface area contributed by atoms with Crippen LogP contribution in [0.4, 0.5) is 0 Å². The SMILES string of the molecule is Cc1cc([C@@H]2CN(C(=O)CCc3c(C)noc3C)CCO2)nc(C)n1. The number of carbonyl (C=O) groups is 1. The molecule has 25 heavy (non-hydrogen) atoms. The maximum Gasteiger partial charge on any atom is 0.223 e. The van der Waals surface area contributed by atoms with E-state index in [-0.39, 0.29) is 12.0 Å². The number of carbonyl (C=O) groups excluding carboxylic acids is 1. The third-order valence-electron chi connectivity index (χ3n) is 4.50. The molecule has 3 rings (SSSR count). The highest BCUT2D eigenvalue weighted by Gasteiger charge is 2.27. The molecule has 2 aromatic rings. The molecule has 0 unspecified atom stereocenters. The van der Waals surface area contributed by atoms with Crippen LogP contribution in [-0.4, -0.2) is 45.6 Å². The lowest BCUT2D eigenvalue weighted by molar-refractivity contribution is -0.139. The summed E-state index contributed by atoms with van der Waals surface area (Å²) in [7, 11) is 0. The van der Waals surface area contributed by atoms with Crippen LogP contribution in [0.3, 0.4) is 0 Å². The first-order valence-corrected chi connectivity index (χ1v) is 8.57. The van der Waals surface area contributed by atoms with Gasteiger partial charge in [0.1, 0.15) is 17.7 Å². The van der Waals surface area contributed by atoms with Crippen molar-refractivity contribution in [1.82, 2.24) is 20.0 Å². The van der Waals surface area contributed by atoms with Gasteiger partial charge in [0, 0.05) is 24.2 Å². The van der Waals surface area contributed by atoms with Gasteiger partial charge in [-0.15, -0.1) is 0 Å². The summed E-state index contributed by atoms with van der Waals surface area (Å²) in [6.45, 7) is 9.24. The van der Waals surface area contributed by atoms with Crippen LogP contribution in [0.1, 0.15) is 46.8 Å². The van der Waals surface area contributed by atoms with E-state index >= 15 is 0 Å². The second kappa shape index (κ2) is 7.31. The summed E-state index contributed by atoms with van der Waals surface area (Å²) in [5.74, 6) is 1.63. The van der Waals surface area contributed by atoms with Crippen molar-refractivity contribution in [3.63, 3.8) is 0 Å². The molecule has 7 heteroatoms. The molecule has 1 aliphatic heterocycles. The van der Waals surface area contributed by atoms with Crippen LogP contribution in [0.2, 0.25) is 0 Å². The van der Waals surface area contributed by atoms with Crippen molar-refractivity contribution >= 4 is 5.91 Å². The van der Waals surface area contributed by atoms with Gasteiger partial charge in [-0.2, -0.15) is 0 Å². The molecule has 2 aromatic heterocycles. The van der Waals surface area contributed by atoms with E-state index < -0.39 is 0 Å². The fourth-order valence-corrected chi connectivity index (χ4v) is 3.21. The fourth-order valence-electron chi connectivity index (χ4n) is 3.21. The third kappa shape index (κ3) is 4.04. The van der Waals surface area contributed by atoms with Gasteiger partial charge in [0.2, 0.25) is 5.91 Å². The molecule has 1 fully saturated rings. The van der Waals surface area contributed by atoms with Crippen LogP contribution >= 0.6 is 0 Å². The molecule has 0 bridgehead atoms. The lowest BCUT2D eigenvalue weighted by atomic mass is 10.1. The zero-order valence-corrected chi connectivity index (χ0v) is 15.2. The van der Waals surface area contributed by atoms with E-state index in [2.05, 4.69) is 15.1 Å². The van der Waals surface area contributed by atoms with Gasteiger partial charge in [-0.05, 0) is 40.2 Å². The smallest absolute Gasteiger partial charge is 0.223 e. The molecule has 0 N–H and O–H groups in total. The molecule has 0 saturated carbocycles. The Morgan fingerprint density at radius 2 is 2.08 bits per heavy atom. The van der Waals surface area contributed by atoms with Crippen LogP contribution in [0, 0.1) is 27.7 Å². The van der Waals surface area contributed by atoms with Gasteiger partial charge in [-0.3, -0.25) is 4.79 Å². The predicted molar refractivity (Wildman–Crippen MR) is 91.1 cm³/mol. The number of hydrogen-bond donors (Lipinski definition) is 0. The van der Waals surface area contributed by atoms with E-state index in [4.69, 9.17) is 9.26 Å². The average molecular weight is 344 g/mol. The topological polar surface area (TPSA) is 81.4 Å². The highest BCUT2D eigenvalue weighted by atomic mass is 16.5. The highest BCUT2D eigenvalue weighted by Crippen LogP contribution is 2.22.